The minimum atomic E-state index is -0.534. The summed E-state index contributed by atoms with van der Waals surface area (Å²) in [4.78, 5) is 2.36. The number of ether oxygens (including phenoxy) is 1. The predicted molar refractivity (Wildman–Crippen MR) is 85.6 cm³/mol. The van der Waals surface area contributed by atoms with Gasteiger partial charge in [-0.15, -0.1) is 0 Å². The molecule has 3 heteroatoms. The van der Waals surface area contributed by atoms with Crippen LogP contribution in [0.25, 0.3) is 0 Å². The normalized spacial score (nSPS) is 12.6. The Bertz CT molecular complexity index is 402. The molecule has 0 aromatic heterocycles. The van der Waals surface area contributed by atoms with Crippen molar-refractivity contribution in [1.29, 1.82) is 0 Å². The number of hydrogen-bond acceptors (Lipinski definition) is 3. The summed E-state index contributed by atoms with van der Waals surface area (Å²) in [5, 5.41) is 10.1. The van der Waals surface area contributed by atoms with Gasteiger partial charge in [-0.05, 0) is 39.3 Å². The van der Waals surface area contributed by atoms with Gasteiger partial charge in [0.2, 0.25) is 0 Å². The van der Waals surface area contributed by atoms with E-state index in [4.69, 9.17) is 4.74 Å². The van der Waals surface area contributed by atoms with E-state index in [1.54, 1.807) is 14.0 Å². The van der Waals surface area contributed by atoms with Crippen LogP contribution in [0.5, 0.6) is 5.75 Å². The van der Waals surface area contributed by atoms with Gasteiger partial charge in [0.25, 0.3) is 0 Å². The first-order valence-corrected chi connectivity index (χ1v) is 7.64. The van der Waals surface area contributed by atoms with Crippen molar-refractivity contribution in [3.8, 4) is 5.75 Å². The molecule has 0 spiro atoms. The first-order valence-electron chi connectivity index (χ1n) is 7.64. The summed E-state index contributed by atoms with van der Waals surface area (Å²) in [5.74, 6) is 0.763. The maximum absolute atomic E-state index is 10.1. The number of aliphatic hydroxyl groups excluding tert-OH is 1. The summed E-state index contributed by atoms with van der Waals surface area (Å²) in [6.45, 7) is 9.41. The number of unbranched alkanes of at least 4 members (excludes halogenated alkanes) is 2. The minimum Gasteiger partial charge on any atom is -0.496 e. The molecule has 1 aromatic carbocycles. The highest BCUT2D eigenvalue weighted by atomic mass is 16.5. The lowest BCUT2D eigenvalue weighted by Gasteiger charge is -2.32. The van der Waals surface area contributed by atoms with E-state index in [-0.39, 0.29) is 0 Å². The van der Waals surface area contributed by atoms with Gasteiger partial charge in [0.05, 0.1) is 13.2 Å². The zero-order chi connectivity index (χ0) is 15.1. The maximum Gasteiger partial charge on any atom is 0.126 e. The van der Waals surface area contributed by atoms with Gasteiger partial charge in [-0.2, -0.15) is 0 Å². The molecule has 0 heterocycles. The Labute approximate surface area is 123 Å². The van der Waals surface area contributed by atoms with Crippen LogP contribution in [-0.2, 0) is 0 Å². The molecule has 0 radical (unpaired) electrons. The largest absolute Gasteiger partial charge is 0.496 e. The molecule has 1 N–H and O–H groups in total. The lowest BCUT2D eigenvalue weighted by Crippen LogP contribution is -2.32. The Kier molecular flexibility index (Phi) is 6.86. The van der Waals surface area contributed by atoms with Gasteiger partial charge in [0, 0.05) is 23.8 Å². The summed E-state index contributed by atoms with van der Waals surface area (Å²) >= 11 is 0. The van der Waals surface area contributed by atoms with Crippen LogP contribution in [0.4, 0.5) is 5.69 Å². The summed E-state index contributed by atoms with van der Waals surface area (Å²) in [7, 11) is 1.65. The van der Waals surface area contributed by atoms with Crippen LogP contribution in [0.1, 0.15) is 58.6 Å². The number of anilines is 1. The monoisotopic (exact) mass is 279 g/mol. The highest BCUT2D eigenvalue weighted by Crippen LogP contribution is 2.35. The van der Waals surface area contributed by atoms with Crippen molar-refractivity contribution >= 4 is 5.69 Å². The van der Waals surface area contributed by atoms with Crippen molar-refractivity contribution in [3.05, 3.63) is 23.8 Å². The smallest absolute Gasteiger partial charge is 0.126 e. The molecular formula is C17H29NO2. The predicted octanol–water partition coefficient (Wildman–Crippen LogP) is 4.15. The SMILES string of the molecule is CCCCCN(c1cccc(OC)c1C(C)O)C(C)C. The Balaban J connectivity index is 3.12. The highest BCUT2D eigenvalue weighted by Gasteiger charge is 2.20. The third-order valence-corrected chi connectivity index (χ3v) is 3.62. The molecule has 0 aliphatic rings. The molecule has 0 fully saturated rings. The van der Waals surface area contributed by atoms with E-state index in [9.17, 15) is 5.11 Å². The van der Waals surface area contributed by atoms with Crippen LogP contribution in [0, 0.1) is 0 Å². The lowest BCUT2D eigenvalue weighted by molar-refractivity contribution is 0.194. The van der Waals surface area contributed by atoms with Crippen LogP contribution in [-0.4, -0.2) is 24.8 Å². The van der Waals surface area contributed by atoms with Gasteiger partial charge in [0.15, 0.2) is 0 Å². The summed E-state index contributed by atoms with van der Waals surface area (Å²) < 4.78 is 5.42. The Morgan fingerprint density at radius 1 is 1.20 bits per heavy atom. The van der Waals surface area contributed by atoms with E-state index in [0.717, 1.165) is 23.5 Å². The van der Waals surface area contributed by atoms with Crippen LogP contribution in [0.2, 0.25) is 0 Å². The topological polar surface area (TPSA) is 32.7 Å². The second-order valence-electron chi connectivity index (χ2n) is 5.56. The molecule has 0 aliphatic carbocycles. The van der Waals surface area contributed by atoms with E-state index in [2.05, 4.69) is 31.7 Å². The van der Waals surface area contributed by atoms with E-state index >= 15 is 0 Å². The van der Waals surface area contributed by atoms with Crippen LogP contribution < -0.4 is 9.64 Å². The van der Waals surface area contributed by atoms with Crippen LogP contribution in [0.15, 0.2) is 18.2 Å². The molecule has 0 bridgehead atoms. The fourth-order valence-electron chi connectivity index (χ4n) is 2.57. The van der Waals surface area contributed by atoms with Gasteiger partial charge < -0.3 is 14.7 Å². The second kappa shape index (κ2) is 8.15. The van der Waals surface area contributed by atoms with Crippen molar-refractivity contribution in [2.45, 2.75) is 59.1 Å². The minimum absolute atomic E-state index is 0.400. The highest BCUT2D eigenvalue weighted by molar-refractivity contribution is 5.60. The molecule has 0 amide bonds. The third-order valence-electron chi connectivity index (χ3n) is 3.62. The van der Waals surface area contributed by atoms with Gasteiger partial charge in [-0.3, -0.25) is 0 Å². The quantitative estimate of drug-likeness (QED) is 0.725. The molecule has 1 aromatic rings. The van der Waals surface area contributed by atoms with Crippen molar-refractivity contribution < 1.29 is 9.84 Å². The molecule has 20 heavy (non-hydrogen) atoms. The lowest BCUT2D eigenvalue weighted by atomic mass is 10.0. The first-order chi connectivity index (χ1) is 9.52. The average Bonchev–Trinajstić information content (AvgIpc) is 2.42. The number of methoxy groups -OCH3 is 1. The molecule has 1 unspecified atom stereocenters. The molecule has 3 nitrogen and oxygen atoms in total. The molecule has 114 valence electrons. The van der Waals surface area contributed by atoms with E-state index in [1.807, 2.05) is 12.1 Å². The van der Waals surface area contributed by atoms with E-state index in [0.29, 0.717) is 6.04 Å². The molecule has 0 saturated carbocycles. The van der Waals surface area contributed by atoms with Gasteiger partial charge in [-0.1, -0.05) is 25.8 Å². The number of nitrogens with zero attached hydrogens (tertiary/aromatic N) is 1. The molecular weight excluding hydrogens is 250 g/mol. The Hall–Kier alpha value is -1.22. The van der Waals surface area contributed by atoms with Crippen LogP contribution >= 0.6 is 0 Å². The second-order valence-corrected chi connectivity index (χ2v) is 5.56. The zero-order valence-corrected chi connectivity index (χ0v) is 13.5. The van der Waals surface area contributed by atoms with E-state index < -0.39 is 6.10 Å². The maximum atomic E-state index is 10.1. The molecule has 1 atom stereocenters. The standard InChI is InChI=1S/C17H29NO2/c1-6-7-8-12-18(13(2)3)15-10-9-11-16(20-5)17(15)14(4)19/h9-11,13-14,19H,6-8,12H2,1-5H3. The van der Waals surface area contributed by atoms with Crippen molar-refractivity contribution in [2.24, 2.45) is 0 Å². The van der Waals surface area contributed by atoms with Gasteiger partial charge in [0.1, 0.15) is 5.75 Å². The van der Waals surface area contributed by atoms with Crippen molar-refractivity contribution in [3.63, 3.8) is 0 Å². The number of benzene rings is 1. The summed E-state index contributed by atoms with van der Waals surface area (Å²) in [6.07, 6.45) is 3.09. The fraction of sp³-hybridized carbons (Fsp3) is 0.647. The number of rotatable bonds is 8. The summed E-state index contributed by atoms with van der Waals surface area (Å²) in [5.41, 5.74) is 1.98. The third kappa shape index (κ3) is 4.14. The first kappa shape index (κ1) is 16.8. The van der Waals surface area contributed by atoms with Gasteiger partial charge >= 0.3 is 0 Å². The summed E-state index contributed by atoms with van der Waals surface area (Å²) in [6, 6.07) is 6.39. The molecule has 0 saturated heterocycles. The fourth-order valence-corrected chi connectivity index (χ4v) is 2.57. The number of hydrogen-bond donors (Lipinski definition) is 1. The van der Waals surface area contributed by atoms with Crippen molar-refractivity contribution in [2.75, 3.05) is 18.6 Å². The van der Waals surface area contributed by atoms with E-state index in [1.165, 1.54) is 19.3 Å². The Morgan fingerprint density at radius 3 is 2.40 bits per heavy atom. The molecule has 0 aliphatic heterocycles. The average molecular weight is 279 g/mol. The number of aliphatic hydroxyl groups is 1. The molecule has 1 rings (SSSR count). The Morgan fingerprint density at radius 2 is 1.90 bits per heavy atom. The van der Waals surface area contributed by atoms with Crippen LogP contribution in [0.3, 0.4) is 0 Å². The van der Waals surface area contributed by atoms with Gasteiger partial charge in [-0.25, -0.2) is 0 Å². The van der Waals surface area contributed by atoms with Crippen molar-refractivity contribution in [1.82, 2.24) is 0 Å². The zero-order valence-electron chi connectivity index (χ0n) is 13.5.